The monoisotopic (exact) mass is 386 g/mol. The second-order valence-electron chi connectivity index (χ2n) is 6.31. The van der Waals surface area contributed by atoms with Gasteiger partial charge in [-0.3, -0.25) is 5.43 Å². The van der Waals surface area contributed by atoms with Crippen molar-refractivity contribution >= 4 is 46.5 Å². The molecule has 0 aliphatic carbocycles. The van der Waals surface area contributed by atoms with Crippen LogP contribution in [0.1, 0.15) is 30.9 Å². The maximum Gasteiger partial charge on any atom is 0.191 e. The van der Waals surface area contributed by atoms with Gasteiger partial charge in [-0.05, 0) is 72.9 Å². The summed E-state index contributed by atoms with van der Waals surface area (Å²) in [5.41, 5.74) is 7.50. The summed E-state index contributed by atoms with van der Waals surface area (Å²) in [6.07, 6.45) is 5.30. The second kappa shape index (κ2) is 9.01. The van der Waals surface area contributed by atoms with Crippen LogP contribution < -0.4 is 15.6 Å². The van der Waals surface area contributed by atoms with Gasteiger partial charge in [-0.15, -0.1) is 0 Å². The highest BCUT2D eigenvalue weighted by atomic mass is 35.5. The molecule has 0 radical (unpaired) electrons. The number of hydrogen-bond donors (Lipinski definition) is 2. The van der Waals surface area contributed by atoms with Crippen molar-refractivity contribution in [3.63, 3.8) is 0 Å². The van der Waals surface area contributed by atoms with E-state index in [9.17, 15) is 0 Å². The van der Waals surface area contributed by atoms with E-state index in [0.29, 0.717) is 10.1 Å². The van der Waals surface area contributed by atoms with Gasteiger partial charge in [-0.1, -0.05) is 30.7 Å². The average molecular weight is 387 g/mol. The Balaban J connectivity index is 1.59. The minimum absolute atomic E-state index is 0.426. The maximum atomic E-state index is 5.96. The molecular weight excluding hydrogens is 364 g/mol. The zero-order valence-corrected chi connectivity index (χ0v) is 16.4. The molecule has 136 valence electrons. The van der Waals surface area contributed by atoms with Crippen LogP contribution in [0, 0.1) is 0 Å². The minimum Gasteiger partial charge on any atom is -0.371 e. The molecule has 2 N–H and O–H groups in total. The highest BCUT2D eigenvalue weighted by Crippen LogP contribution is 2.27. The van der Waals surface area contributed by atoms with Gasteiger partial charge < -0.3 is 10.2 Å². The lowest BCUT2D eigenvalue weighted by Crippen LogP contribution is -2.30. The summed E-state index contributed by atoms with van der Waals surface area (Å²) in [6.45, 7) is 4.49. The highest BCUT2D eigenvalue weighted by Gasteiger charge is 2.15. The van der Waals surface area contributed by atoms with Crippen molar-refractivity contribution in [1.82, 2.24) is 5.43 Å². The van der Waals surface area contributed by atoms with E-state index in [-0.39, 0.29) is 0 Å². The molecule has 3 rings (SSSR count). The lowest BCUT2D eigenvalue weighted by molar-refractivity contribution is 0.681. The van der Waals surface area contributed by atoms with Crippen molar-refractivity contribution in [2.45, 2.75) is 26.2 Å². The Kier molecular flexibility index (Phi) is 6.47. The Morgan fingerprint density at radius 3 is 3.00 bits per heavy atom. The minimum atomic E-state index is 0.426. The molecule has 0 unspecified atom stereocenters. The Morgan fingerprint density at radius 1 is 1.31 bits per heavy atom. The molecule has 2 aromatic carbocycles. The third-order valence-electron chi connectivity index (χ3n) is 4.27. The van der Waals surface area contributed by atoms with E-state index >= 15 is 0 Å². The standard InChI is InChI=1S/C20H23ClN4S/c1-2-10-25-11-4-5-16-12-15(8-9-19(16)25)14-22-24-20(26)23-18-7-3-6-17(21)13-18/h3,6-9,12-14H,2,4-5,10-11H2,1H3,(H2,23,24,26)/b22-14-. The largest absolute Gasteiger partial charge is 0.371 e. The van der Waals surface area contributed by atoms with Gasteiger partial charge in [0.1, 0.15) is 0 Å². The van der Waals surface area contributed by atoms with Gasteiger partial charge in [0.2, 0.25) is 0 Å². The van der Waals surface area contributed by atoms with E-state index < -0.39 is 0 Å². The number of aryl methyl sites for hydroxylation is 1. The number of nitrogens with zero attached hydrogens (tertiary/aromatic N) is 2. The number of nitrogens with one attached hydrogen (secondary N) is 2. The number of hydrogen-bond acceptors (Lipinski definition) is 3. The summed E-state index contributed by atoms with van der Waals surface area (Å²) >= 11 is 11.2. The number of halogens is 1. The molecule has 0 amide bonds. The van der Waals surface area contributed by atoms with E-state index in [2.05, 4.69) is 45.9 Å². The van der Waals surface area contributed by atoms with E-state index in [1.807, 2.05) is 24.3 Å². The third kappa shape index (κ3) is 4.96. The van der Waals surface area contributed by atoms with Gasteiger partial charge >= 0.3 is 0 Å². The summed E-state index contributed by atoms with van der Waals surface area (Å²) in [4.78, 5) is 2.47. The molecule has 0 fully saturated rings. The Morgan fingerprint density at radius 2 is 2.19 bits per heavy atom. The van der Waals surface area contributed by atoms with Crippen LogP contribution in [0.25, 0.3) is 0 Å². The molecule has 2 aromatic rings. The first-order chi connectivity index (χ1) is 12.7. The first kappa shape index (κ1) is 18.7. The number of anilines is 2. The second-order valence-corrected chi connectivity index (χ2v) is 7.16. The molecule has 0 aromatic heterocycles. The van der Waals surface area contributed by atoms with Crippen LogP contribution in [-0.4, -0.2) is 24.4 Å². The predicted molar refractivity (Wildman–Crippen MR) is 116 cm³/mol. The quantitative estimate of drug-likeness (QED) is 0.439. The maximum absolute atomic E-state index is 5.96. The van der Waals surface area contributed by atoms with Crippen molar-refractivity contribution in [2.24, 2.45) is 5.10 Å². The molecular formula is C20H23ClN4S. The van der Waals surface area contributed by atoms with E-state index in [1.165, 1.54) is 24.1 Å². The Hall–Kier alpha value is -2.11. The fourth-order valence-corrected chi connectivity index (χ4v) is 3.53. The van der Waals surface area contributed by atoms with Gasteiger partial charge in [0.05, 0.1) is 6.21 Å². The van der Waals surface area contributed by atoms with E-state index in [4.69, 9.17) is 23.8 Å². The summed E-state index contributed by atoms with van der Waals surface area (Å²) in [6, 6.07) is 13.9. The number of fused-ring (bicyclic) bond motifs is 1. The number of rotatable bonds is 5. The van der Waals surface area contributed by atoms with Crippen LogP contribution in [0.4, 0.5) is 11.4 Å². The van der Waals surface area contributed by atoms with Gasteiger partial charge in [-0.2, -0.15) is 5.10 Å². The summed E-state index contributed by atoms with van der Waals surface area (Å²) < 4.78 is 0. The van der Waals surface area contributed by atoms with Crippen LogP contribution in [-0.2, 0) is 6.42 Å². The van der Waals surface area contributed by atoms with Crippen molar-refractivity contribution in [3.8, 4) is 0 Å². The normalized spacial score (nSPS) is 13.5. The SMILES string of the molecule is CCCN1CCCc2cc(/C=N\NC(=S)Nc3cccc(Cl)c3)ccc21. The molecule has 1 aliphatic heterocycles. The fraction of sp³-hybridized carbons (Fsp3) is 0.300. The lowest BCUT2D eigenvalue weighted by Gasteiger charge is -2.31. The lowest BCUT2D eigenvalue weighted by atomic mass is 9.99. The van der Waals surface area contributed by atoms with Crippen LogP contribution in [0.2, 0.25) is 5.02 Å². The van der Waals surface area contributed by atoms with Gasteiger partial charge in [0.15, 0.2) is 5.11 Å². The summed E-state index contributed by atoms with van der Waals surface area (Å²) in [5.74, 6) is 0. The molecule has 0 saturated heterocycles. The number of hydrazone groups is 1. The van der Waals surface area contributed by atoms with E-state index in [1.54, 1.807) is 6.21 Å². The van der Waals surface area contributed by atoms with Crippen LogP contribution in [0.5, 0.6) is 0 Å². The van der Waals surface area contributed by atoms with Crippen molar-refractivity contribution < 1.29 is 0 Å². The average Bonchev–Trinajstić information content (AvgIpc) is 2.62. The highest BCUT2D eigenvalue weighted by molar-refractivity contribution is 7.80. The van der Waals surface area contributed by atoms with Crippen molar-refractivity contribution in [2.75, 3.05) is 23.3 Å². The first-order valence-corrected chi connectivity index (χ1v) is 9.68. The molecule has 0 spiro atoms. The van der Waals surface area contributed by atoms with E-state index in [0.717, 1.165) is 30.8 Å². The number of benzene rings is 2. The number of thiocarbonyl (C=S) groups is 1. The molecule has 0 bridgehead atoms. The topological polar surface area (TPSA) is 39.7 Å². The van der Waals surface area contributed by atoms with Crippen LogP contribution in [0.3, 0.4) is 0 Å². The zero-order chi connectivity index (χ0) is 18.4. The fourth-order valence-electron chi connectivity index (χ4n) is 3.17. The first-order valence-electron chi connectivity index (χ1n) is 8.89. The van der Waals surface area contributed by atoms with Gasteiger partial charge in [0, 0.05) is 29.5 Å². The molecule has 26 heavy (non-hydrogen) atoms. The van der Waals surface area contributed by atoms with Crippen molar-refractivity contribution in [3.05, 3.63) is 58.6 Å². The smallest absolute Gasteiger partial charge is 0.191 e. The third-order valence-corrected chi connectivity index (χ3v) is 4.70. The summed E-state index contributed by atoms with van der Waals surface area (Å²) in [5, 5.41) is 8.38. The van der Waals surface area contributed by atoms with Gasteiger partial charge in [-0.25, -0.2) is 0 Å². The van der Waals surface area contributed by atoms with Gasteiger partial charge in [0.25, 0.3) is 0 Å². The van der Waals surface area contributed by atoms with Crippen molar-refractivity contribution in [1.29, 1.82) is 0 Å². The molecule has 0 saturated carbocycles. The van der Waals surface area contributed by atoms with Crippen LogP contribution in [0.15, 0.2) is 47.6 Å². The molecule has 4 nitrogen and oxygen atoms in total. The summed E-state index contributed by atoms with van der Waals surface area (Å²) in [7, 11) is 0. The molecule has 1 aliphatic rings. The molecule has 0 atom stereocenters. The molecule has 6 heteroatoms. The Bertz CT molecular complexity index is 806. The van der Waals surface area contributed by atoms with Crippen LogP contribution >= 0.6 is 23.8 Å². The molecule has 1 heterocycles. The zero-order valence-electron chi connectivity index (χ0n) is 14.8. The Labute approximate surface area is 165 Å². The predicted octanol–water partition coefficient (Wildman–Crippen LogP) is 4.82.